The Bertz CT molecular complexity index is 738. The molecule has 0 heterocycles. The molecule has 2 aromatic rings. The van der Waals surface area contributed by atoms with Crippen molar-refractivity contribution in [1.29, 1.82) is 0 Å². The Hall–Kier alpha value is -2.15. The van der Waals surface area contributed by atoms with Gasteiger partial charge in [0.2, 0.25) is 0 Å². The van der Waals surface area contributed by atoms with Crippen LogP contribution in [0.2, 0.25) is 0 Å². The van der Waals surface area contributed by atoms with Crippen LogP contribution in [0.5, 0.6) is 0 Å². The fourth-order valence-corrected chi connectivity index (χ4v) is 2.45. The first-order chi connectivity index (χ1) is 12.6. The Morgan fingerprint density at radius 3 is 1.85 bits per heavy atom. The van der Waals surface area contributed by atoms with Crippen molar-refractivity contribution in [3.8, 4) is 0 Å². The SMILES string of the molecule is O=C(NCCCCC(NC(=O)c1ccccc1)C(=O)[O-])c1ccccc1.[Na+]. The van der Waals surface area contributed by atoms with E-state index >= 15 is 0 Å². The number of aliphatic carboxylic acids is 1. The first kappa shape index (κ1) is 22.9. The molecule has 0 saturated heterocycles. The summed E-state index contributed by atoms with van der Waals surface area (Å²) in [4.78, 5) is 35.1. The number of nitrogens with one attached hydrogen (secondary N) is 2. The molecule has 0 aliphatic heterocycles. The summed E-state index contributed by atoms with van der Waals surface area (Å²) in [6.07, 6.45) is 1.37. The summed E-state index contributed by atoms with van der Waals surface area (Å²) in [5, 5.41) is 16.5. The van der Waals surface area contributed by atoms with Gasteiger partial charge in [-0.25, -0.2) is 0 Å². The molecule has 2 aromatic carbocycles. The minimum Gasteiger partial charge on any atom is -0.548 e. The van der Waals surface area contributed by atoms with Crippen molar-refractivity contribution in [2.45, 2.75) is 25.3 Å². The van der Waals surface area contributed by atoms with Crippen molar-refractivity contribution in [2.24, 2.45) is 0 Å². The van der Waals surface area contributed by atoms with E-state index in [0.717, 1.165) is 0 Å². The predicted octanol–water partition coefficient (Wildman–Crippen LogP) is -1.86. The number of rotatable bonds is 9. The van der Waals surface area contributed by atoms with Crippen molar-refractivity contribution in [3.05, 3.63) is 71.8 Å². The largest absolute Gasteiger partial charge is 1.00 e. The molecule has 0 radical (unpaired) electrons. The molecule has 0 fully saturated rings. The van der Waals surface area contributed by atoms with Gasteiger partial charge in [0, 0.05) is 17.7 Å². The average molecular weight is 376 g/mol. The molecule has 0 saturated carbocycles. The Balaban J connectivity index is 0.00000364. The number of carbonyl (C=O) groups excluding carboxylic acids is 3. The number of hydrogen-bond donors (Lipinski definition) is 2. The second-order valence-corrected chi connectivity index (χ2v) is 5.83. The second kappa shape index (κ2) is 12.3. The number of unbranched alkanes of at least 4 members (excludes halogenated alkanes) is 1. The van der Waals surface area contributed by atoms with Crippen LogP contribution in [0.15, 0.2) is 60.7 Å². The van der Waals surface area contributed by atoms with Gasteiger partial charge in [-0.05, 0) is 43.5 Å². The van der Waals surface area contributed by atoms with E-state index in [1.165, 1.54) is 0 Å². The standard InChI is InChI=1S/C20H22N2O4.Na/c23-18(15-9-3-1-4-10-15)21-14-8-7-13-17(20(25)26)22-19(24)16-11-5-2-6-12-16;/h1-6,9-12,17H,7-8,13-14H2,(H,21,23)(H,22,24)(H,25,26);/q;+1/p-1. The van der Waals surface area contributed by atoms with Crippen LogP contribution < -0.4 is 45.3 Å². The minimum atomic E-state index is -1.32. The normalized spacial score (nSPS) is 11.0. The first-order valence-corrected chi connectivity index (χ1v) is 8.48. The maximum atomic E-state index is 12.0. The summed E-state index contributed by atoms with van der Waals surface area (Å²) in [7, 11) is 0. The Kier molecular flexibility index (Phi) is 10.4. The summed E-state index contributed by atoms with van der Waals surface area (Å²) < 4.78 is 0. The molecule has 0 aromatic heterocycles. The molecular formula is C20H21N2NaO4. The number of hydrogen-bond acceptors (Lipinski definition) is 4. The van der Waals surface area contributed by atoms with Gasteiger partial charge >= 0.3 is 29.6 Å². The Morgan fingerprint density at radius 1 is 0.815 bits per heavy atom. The van der Waals surface area contributed by atoms with Crippen LogP contribution in [0.1, 0.15) is 40.0 Å². The number of carboxylic acid groups (broad SMARTS) is 1. The van der Waals surface area contributed by atoms with Crippen LogP contribution in [0.3, 0.4) is 0 Å². The van der Waals surface area contributed by atoms with E-state index in [2.05, 4.69) is 10.6 Å². The second-order valence-electron chi connectivity index (χ2n) is 5.83. The van der Waals surface area contributed by atoms with Gasteiger partial charge in [-0.15, -0.1) is 0 Å². The van der Waals surface area contributed by atoms with Gasteiger partial charge in [-0.2, -0.15) is 0 Å². The van der Waals surface area contributed by atoms with E-state index in [1.807, 2.05) is 6.07 Å². The molecule has 0 aliphatic rings. The molecule has 0 bridgehead atoms. The zero-order valence-corrected chi connectivity index (χ0v) is 17.3. The van der Waals surface area contributed by atoms with Gasteiger partial charge in [-0.3, -0.25) is 9.59 Å². The molecule has 1 atom stereocenters. The Labute approximate surface area is 180 Å². The van der Waals surface area contributed by atoms with Gasteiger partial charge in [0.15, 0.2) is 0 Å². The Morgan fingerprint density at radius 2 is 1.33 bits per heavy atom. The molecule has 2 rings (SSSR count). The van der Waals surface area contributed by atoms with Crippen LogP contribution in [0.25, 0.3) is 0 Å². The summed E-state index contributed by atoms with van der Waals surface area (Å²) >= 11 is 0. The molecule has 7 heteroatoms. The fourth-order valence-electron chi connectivity index (χ4n) is 2.45. The van der Waals surface area contributed by atoms with Crippen LogP contribution in [0, 0.1) is 0 Å². The van der Waals surface area contributed by atoms with Crippen molar-refractivity contribution < 1.29 is 49.0 Å². The van der Waals surface area contributed by atoms with E-state index in [9.17, 15) is 19.5 Å². The molecule has 0 spiro atoms. The summed E-state index contributed by atoms with van der Waals surface area (Å²) in [5.74, 6) is -1.93. The van der Waals surface area contributed by atoms with Crippen LogP contribution in [0.4, 0.5) is 0 Å². The van der Waals surface area contributed by atoms with Gasteiger partial charge in [0.05, 0.1) is 12.0 Å². The quantitative estimate of drug-likeness (QED) is 0.396. The van der Waals surface area contributed by atoms with Crippen molar-refractivity contribution in [2.75, 3.05) is 6.54 Å². The molecule has 1 unspecified atom stereocenters. The van der Waals surface area contributed by atoms with Crippen LogP contribution in [-0.4, -0.2) is 30.4 Å². The number of carboxylic acids is 1. The smallest absolute Gasteiger partial charge is 0.548 e. The van der Waals surface area contributed by atoms with Gasteiger partial charge in [-0.1, -0.05) is 36.4 Å². The van der Waals surface area contributed by atoms with E-state index in [4.69, 9.17) is 0 Å². The van der Waals surface area contributed by atoms with E-state index in [1.54, 1.807) is 54.6 Å². The van der Waals surface area contributed by atoms with Crippen LogP contribution >= 0.6 is 0 Å². The number of carbonyl (C=O) groups is 3. The third-order valence-corrected chi connectivity index (χ3v) is 3.87. The molecule has 2 N–H and O–H groups in total. The summed E-state index contributed by atoms with van der Waals surface area (Å²) in [6, 6.07) is 16.2. The van der Waals surface area contributed by atoms with E-state index in [-0.39, 0.29) is 41.9 Å². The predicted molar refractivity (Wildman–Crippen MR) is 95.3 cm³/mol. The zero-order chi connectivity index (χ0) is 18.8. The molecule has 27 heavy (non-hydrogen) atoms. The van der Waals surface area contributed by atoms with Crippen molar-refractivity contribution >= 4 is 17.8 Å². The fraction of sp³-hybridized carbons (Fsp3) is 0.250. The summed E-state index contributed by atoms with van der Waals surface area (Å²) in [6.45, 7) is 0.431. The van der Waals surface area contributed by atoms with Gasteiger partial charge in [0.1, 0.15) is 0 Å². The maximum Gasteiger partial charge on any atom is 1.00 e. The monoisotopic (exact) mass is 376 g/mol. The first-order valence-electron chi connectivity index (χ1n) is 8.48. The van der Waals surface area contributed by atoms with E-state index in [0.29, 0.717) is 30.5 Å². The molecular weight excluding hydrogens is 355 g/mol. The molecule has 6 nitrogen and oxygen atoms in total. The summed E-state index contributed by atoms with van der Waals surface area (Å²) in [5.41, 5.74) is 0.976. The van der Waals surface area contributed by atoms with Gasteiger partial charge in [0.25, 0.3) is 11.8 Å². The average Bonchev–Trinajstić information content (AvgIpc) is 2.67. The van der Waals surface area contributed by atoms with Crippen molar-refractivity contribution in [1.82, 2.24) is 10.6 Å². The third-order valence-electron chi connectivity index (χ3n) is 3.87. The minimum absolute atomic E-state index is 0. The maximum absolute atomic E-state index is 12.0. The van der Waals surface area contributed by atoms with Crippen molar-refractivity contribution in [3.63, 3.8) is 0 Å². The topological polar surface area (TPSA) is 98.3 Å². The molecule has 0 aliphatic carbocycles. The van der Waals surface area contributed by atoms with E-state index < -0.39 is 17.9 Å². The number of amides is 2. The molecule has 2 amide bonds. The third kappa shape index (κ3) is 7.95. The van der Waals surface area contributed by atoms with Crippen LogP contribution in [-0.2, 0) is 4.79 Å². The zero-order valence-electron chi connectivity index (χ0n) is 15.3. The van der Waals surface area contributed by atoms with Gasteiger partial charge < -0.3 is 20.5 Å². The number of benzene rings is 2. The molecule has 136 valence electrons.